The highest BCUT2D eigenvalue weighted by Gasteiger charge is 2.25. The van der Waals surface area contributed by atoms with Crippen molar-refractivity contribution in [2.24, 2.45) is 0 Å². The van der Waals surface area contributed by atoms with Gasteiger partial charge in [-0.2, -0.15) is 5.10 Å². The number of hydrogen-bond donors (Lipinski definition) is 1. The number of unbranched alkanes of at least 4 members (excludes halogenated alkanes) is 1. The number of likely N-dealkylation sites (tertiary alicyclic amines) is 1. The van der Waals surface area contributed by atoms with Crippen LogP contribution in [0, 0.1) is 0 Å². The second-order valence-corrected chi connectivity index (χ2v) is 6.55. The van der Waals surface area contributed by atoms with Crippen molar-refractivity contribution in [2.45, 2.75) is 38.7 Å². The molecule has 1 saturated heterocycles. The standard InChI is InChI=1S/C20H26N4O3/c1-2-3-14-26-17-10-8-16(9-11-17)22-20(25)24-13-5-6-18(15-24)27-19-7-4-12-21-23-19/h4,7-12,18H,2-3,5-6,13-15H2,1H3,(H,22,25). The van der Waals surface area contributed by atoms with Gasteiger partial charge in [-0.1, -0.05) is 13.3 Å². The third kappa shape index (κ3) is 5.84. The molecule has 1 aromatic heterocycles. The first-order chi connectivity index (χ1) is 13.2. The van der Waals surface area contributed by atoms with Gasteiger partial charge < -0.3 is 19.7 Å². The van der Waals surface area contributed by atoms with Crippen molar-refractivity contribution < 1.29 is 14.3 Å². The molecule has 0 aliphatic carbocycles. The van der Waals surface area contributed by atoms with E-state index in [1.54, 1.807) is 23.2 Å². The molecule has 1 aliphatic rings. The van der Waals surface area contributed by atoms with Crippen LogP contribution >= 0.6 is 0 Å². The van der Waals surface area contributed by atoms with Gasteiger partial charge >= 0.3 is 6.03 Å². The molecule has 1 aromatic carbocycles. The fraction of sp³-hybridized carbons (Fsp3) is 0.450. The smallest absolute Gasteiger partial charge is 0.321 e. The zero-order valence-electron chi connectivity index (χ0n) is 15.6. The Morgan fingerprint density at radius 1 is 1.30 bits per heavy atom. The van der Waals surface area contributed by atoms with E-state index in [1.165, 1.54) is 0 Å². The molecule has 2 heterocycles. The zero-order chi connectivity index (χ0) is 18.9. The summed E-state index contributed by atoms with van der Waals surface area (Å²) in [5.74, 6) is 1.31. The number of urea groups is 1. The summed E-state index contributed by atoms with van der Waals surface area (Å²) in [6.45, 7) is 4.08. The van der Waals surface area contributed by atoms with Crippen LogP contribution in [0.1, 0.15) is 32.6 Å². The Bertz CT molecular complexity index is 709. The van der Waals surface area contributed by atoms with Gasteiger partial charge in [0.15, 0.2) is 0 Å². The molecule has 1 aliphatic heterocycles. The predicted molar refractivity (Wildman–Crippen MR) is 103 cm³/mol. The minimum Gasteiger partial charge on any atom is -0.494 e. The third-order valence-electron chi connectivity index (χ3n) is 4.37. The number of hydrogen-bond acceptors (Lipinski definition) is 5. The average molecular weight is 370 g/mol. The molecular formula is C20H26N4O3. The van der Waals surface area contributed by atoms with E-state index in [-0.39, 0.29) is 12.1 Å². The Labute approximate surface area is 159 Å². The van der Waals surface area contributed by atoms with E-state index < -0.39 is 0 Å². The van der Waals surface area contributed by atoms with Gasteiger partial charge in [0.25, 0.3) is 0 Å². The average Bonchev–Trinajstić information content (AvgIpc) is 2.70. The minimum absolute atomic E-state index is 0.0736. The Hall–Kier alpha value is -2.83. The quantitative estimate of drug-likeness (QED) is 0.752. The summed E-state index contributed by atoms with van der Waals surface area (Å²) in [6, 6.07) is 10.9. The van der Waals surface area contributed by atoms with Gasteiger partial charge in [-0.05, 0) is 49.6 Å². The number of anilines is 1. The molecule has 0 spiro atoms. The lowest BCUT2D eigenvalue weighted by molar-refractivity contribution is 0.102. The van der Waals surface area contributed by atoms with Crippen molar-refractivity contribution in [3.8, 4) is 11.6 Å². The van der Waals surface area contributed by atoms with Crippen LogP contribution < -0.4 is 14.8 Å². The Balaban J connectivity index is 1.49. The first-order valence-corrected chi connectivity index (χ1v) is 9.47. The molecule has 0 bridgehead atoms. The van der Waals surface area contributed by atoms with Crippen LogP contribution in [0.3, 0.4) is 0 Å². The monoisotopic (exact) mass is 370 g/mol. The van der Waals surface area contributed by atoms with Crippen molar-refractivity contribution in [1.82, 2.24) is 15.1 Å². The fourth-order valence-electron chi connectivity index (χ4n) is 2.91. The highest BCUT2D eigenvalue weighted by atomic mass is 16.5. The number of rotatable bonds is 7. The lowest BCUT2D eigenvalue weighted by atomic mass is 10.1. The number of benzene rings is 1. The van der Waals surface area contributed by atoms with Gasteiger partial charge in [0.05, 0.1) is 13.2 Å². The van der Waals surface area contributed by atoms with E-state index in [2.05, 4.69) is 22.4 Å². The molecule has 1 N–H and O–H groups in total. The van der Waals surface area contributed by atoms with Crippen molar-refractivity contribution in [3.63, 3.8) is 0 Å². The van der Waals surface area contributed by atoms with Crippen molar-refractivity contribution in [1.29, 1.82) is 0 Å². The number of carbonyl (C=O) groups excluding carboxylic acids is 1. The highest BCUT2D eigenvalue weighted by molar-refractivity contribution is 5.89. The molecule has 2 amide bonds. The second-order valence-electron chi connectivity index (χ2n) is 6.55. The molecule has 7 nitrogen and oxygen atoms in total. The van der Waals surface area contributed by atoms with Gasteiger partial charge in [0.1, 0.15) is 11.9 Å². The fourth-order valence-corrected chi connectivity index (χ4v) is 2.91. The van der Waals surface area contributed by atoms with Crippen LogP contribution in [0.4, 0.5) is 10.5 Å². The minimum atomic E-state index is -0.123. The van der Waals surface area contributed by atoms with E-state index in [4.69, 9.17) is 9.47 Å². The van der Waals surface area contributed by atoms with E-state index >= 15 is 0 Å². The van der Waals surface area contributed by atoms with Crippen LogP contribution in [0.15, 0.2) is 42.6 Å². The molecule has 2 aromatic rings. The summed E-state index contributed by atoms with van der Waals surface area (Å²) >= 11 is 0. The molecule has 7 heteroatoms. The molecule has 27 heavy (non-hydrogen) atoms. The number of ether oxygens (including phenoxy) is 2. The van der Waals surface area contributed by atoms with Gasteiger partial charge in [-0.25, -0.2) is 4.79 Å². The van der Waals surface area contributed by atoms with E-state index in [0.717, 1.165) is 37.1 Å². The first-order valence-electron chi connectivity index (χ1n) is 9.47. The summed E-state index contributed by atoms with van der Waals surface area (Å²) in [4.78, 5) is 14.3. The summed E-state index contributed by atoms with van der Waals surface area (Å²) in [7, 11) is 0. The molecule has 1 fully saturated rings. The van der Waals surface area contributed by atoms with Crippen LogP contribution in [-0.2, 0) is 0 Å². The summed E-state index contributed by atoms with van der Waals surface area (Å²) in [5, 5.41) is 10.7. The van der Waals surface area contributed by atoms with Crippen LogP contribution in [-0.4, -0.2) is 46.9 Å². The largest absolute Gasteiger partial charge is 0.494 e. The number of nitrogens with one attached hydrogen (secondary N) is 1. The third-order valence-corrected chi connectivity index (χ3v) is 4.37. The zero-order valence-corrected chi connectivity index (χ0v) is 15.6. The molecule has 3 rings (SSSR count). The SMILES string of the molecule is CCCCOc1ccc(NC(=O)N2CCCC(Oc3cccnn3)C2)cc1. The number of amides is 2. The number of carbonyl (C=O) groups is 1. The van der Waals surface area contributed by atoms with E-state index in [1.807, 2.05) is 24.3 Å². The van der Waals surface area contributed by atoms with Gasteiger partial charge in [0.2, 0.25) is 5.88 Å². The maximum absolute atomic E-state index is 12.6. The van der Waals surface area contributed by atoms with Gasteiger partial charge in [-0.3, -0.25) is 0 Å². The van der Waals surface area contributed by atoms with Crippen LogP contribution in [0.5, 0.6) is 11.6 Å². The molecule has 0 saturated carbocycles. The number of piperidine rings is 1. The molecule has 144 valence electrons. The normalized spacial score (nSPS) is 16.6. The van der Waals surface area contributed by atoms with Crippen molar-refractivity contribution >= 4 is 11.7 Å². The van der Waals surface area contributed by atoms with Crippen LogP contribution in [0.2, 0.25) is 0 Å². The highest BCUT2D eigenvalue weighted by Crippen LogP contribution is 2.19. The number of aromatic nitrogens is 2. The molecular weight excluding hydrogens is 344 g/mol. The number of nitrogens with zero attached hydrogens (tertiary/aromatic N) is 3. The van der Waals surface area contributed by atoms with Crippen molar-refractivity contribution in [3.05, 3.63) is 42.6 Å². The summed E-state index contributed by atoms with van der Waals surface area (Å²) in [6.07, 6.45) is 5.45. The summed E-state index contributed by atoms with van der Waals surface area (Å²) in [5.41, 5.74) is 0.750. The topological polar surface area (TPSA) is 76.6 Å². The van der Waals surface area contributed by atoms with Crippen molar-refractivity contribution in [2.75, 3.05) is 25.0 Å². The Kier molecular flexibility index (Phi) is 6.84. The van der Waals surface area contributed by atoms with E-state index in [9.17, 15) is 4.79 Å². The van der Waals surface area contributed by atoms with E-state index in [0.29, 0.717) is 25.6 Å². The van der Waals surface area contributed by atoms with Crippen LogP contribution in [0.25, 0.3) is 0 Å². The lowest BCUT2D eigenvalue weighted by Crippen LogP contribution is -2.46. The Morgan fingerprint density at radius 2 is 2.15 bits per heavy atom. The summed E-state index contributed by atoms with van der Waals surface area (Å²) < 4.78 is 11.5. The second kappa shape index (κ2) is 9.75. The van der Waals surface area contributed by atoms with Gasteiger partial charge in [0, 0.05) is 24.5 Å². The maximum atomic E-state index is 12.6. The molecule has 1 atom stereocenters. The Morgan fingerprint density at radius 3 is 2.89 bits per heavy atom. The van der Waals surface area contributed by atoms with Gasteiger partial charge in [-0.15, -0.1) is 5.10 Å². The molecule has 1 unspecified atom stereocenters. The maximum Gasteiger partial charge on any atom is 0.321 e. The lowest BCUT2D eigenvalue weighted by Gasteiger charge is -2.32. The first kappa shape index (κ1) is 18.9. The molecule has 0 radical (unpaired) electrons. The predicted octanol–water partition coefficient (Wildman–Crippen LogP) is 3.73.